The lowest BCUT2D eigenvalue weighted by atomic mass is 10.1. The summed E-state index contributed by atoms with van der Waals surface area (Å²) in [4.78, 5) is 29.3. The molecule has 1 aromatic heterocycles. The van der Waals surface area contributed by atoms with E-state index in [4.69, 9.17) is 4.74 Å². The van der Waals surface area contributed by atoms with Gasteiger partial charge in [0.15, 0.2) is 0 Å². The van der Waals surface area contributed by atoms with Gasteiger partial charge in [0, 0.05) is 26.5 Å². The van der Waals surface area contributed by atoms with E-state index in [1.54, 1.807) is 18.2 Å². The molecule has 4 rings (SSSR count). The fourth-order valence-electron chi connectivity index (χ4n) is 3.60. The molecule has 0 N–H and O–H groups in total. The third kappa shape index (κ3) is 5.55. The molecule has 0 aliphatic heterocycles. The molecule has 0 unspecified atom stereocenters. The smallest absolute Gasteiger partial charge is 0.312 e. The van der Waals surface area contributed by atoms with Crippen molar-refractivity contribution in [1.29, 1.82) is 0 Å². The third-order valence-corrected chi connectivity index (χ3v) is 6.38. The minimum atomic E-state index is -0.507. The van der Waals surface area contributed by atoms with Gasteiger partial charge in [0.25, 0.3) is 5.56 Å². The summed E-state index contributed by atoms with van der Waals surface area (Å²) in [5.74, 6) is 0.429. The van der Waals surface area contributed by atoms with Gasteiger partial charge in [0.2, 0.25) is 5.75 Å². The van der Waals surface area contributed by atoms with Crippen LogP contribution in [0.1, 0.15) is 42.3 Å². The predicted molar refractivity (Wildman–Crippen MR) is 147 cm³/mol. The maximum Gasteiger partial charge on any atom is 0.312 e. The van der Waals surface area contributed by atoms with Crippen molar-refractivity contribution in [3.05, 3.63) is 107 Å². The Labute approximate surface area is 224 Å². The number of fused-ring (bicyclic) bond motifs is 1. The Kier molecular flexibility index (Phi) is 7.65. The van der Waals surface area contributed by atoms with E-state index in [2.05, 4.69) is 41.9 Å². The molecule has 0 atom stereocenters. The third-order valence-electron chi connectivity index (χ3n) is 5.43. The summed E-state index contributed by atoms with van der Waals surface area (Å²) in [7, 11) is 0. The van der Waals surface area contributed by atoms with E-state index in [0.29, 0.717) is 26.8 Å². The number of aromatic nitrogens is 2. The second-order valence-corrected chi connectivity index (χ2v) is 10.4. The molecule has 4 aromatic rings. The molecule has 0 fully saturated rings. The zero-order valence-corrected chi connectivity index (χ0v) is 22.9. The van der Waals surface area contributed by atoms with Crippen LogP contribution in [0.25, 0.3) is 10.9 Å². The summed E-state index contributed by atoms with van der Waals surface area (Å²) >= 11 is 6.72. The summed E-state index contributed by atoms with van der Waals surface area (Å²) in [5.41, 5.74) is 2.33. The lowest BCUT2D eigenvalue weighted by molar-refractivity contribution is -0.386. The topological polar surface area (TPSA) is 99.6 Å². The molecular formula is C26H22Br2N4O4. The summed E-state index contributed by atoms with van der Waals surface area (Å²) in [6.45, 7) is 5.94. The molecule has 0 aliphatic carbocycles. The predicted octanol–water partition coefficient (Wildman–Crippen LogP) is 6.72. The Morgan fingerprint density at radius 2 is 1.83 bits per heavy atom. The highest BCUT2D eigenvalue weighted by atomic mass is 79.9. The lowest BCUT2D eigenvalue weighted by Crippen LogP contribution is -2.23. The molecule has 8 nitrogen and oxygen atoms in total. The van der Waals surface area contributed by atoms with Gasteiger partial charge in [-0.25, -0.2) is 4.98 Å². The maximum absolute atomic E-state index is 13.3. The number of ether oxygens (including phenoxy) is 1. The van der Waals surface area contributed by atoms with Crippen molar-refractivity contribution in [3.63, 3.8) is 0 Å². The highest BCUT2D eigenvalue weighted by molar-refractivity contribution is 9.10. The zero-order valence-electron chi connectivity index (χ0n) is 19.7. The van der Waals surface area contributed by atoms with Crippen LogP contribution in [0.5, 0.6) is 5.75 Å². The number of nitro groups is 1. The van der Waals surface area contributed by atoms with Gasteiger partial charge in [0.1, 0.15) is 12.4 Å². The van der Waals surface area contributed by atoms with Crippen LogP contribution in [0.2, 0.25) is 0 Å². The first kappa shape index (κ1) is 25.7. The van der Waals surface area contributed by atoms with E-state index in [1.165, 1.54) is 17.0 Å². The van der Waals surface area contributed by atoms with Crippen LogP contribution in [-0.2, 0) is 6.61 Å². The minimum Gasteiger partial charge on any atom is -0.481 e. The van der Waals surface area contributed by atoms with E-state index >= 15 is 0 Å². The standard InChI is InChI=1S/C26H22Br2N4O4/c1-15(2)25-30-22-9-8-19(27)11-21(22)26(33)31(25)29-13-18-10-20(28)12-23(32(34)35)24(18)36-14-17-6-4-16(3)5-7-17/h4-13,15H,14H2,1-3H3. The average Bonchev–Trinajstić information content (AvgIpc) is 2.83. The first-order chi connectivity index (χ1) is 17.1. The first-order valence-corrected chi connectivity index (χ1v) is 12.7. The van der Waals surface area contributed by atoms with Crippen molar-refractivity contribution in [2.45, 2.75) is 33.3 Å². The fraction of sp³-hybridized carbons (Fsp3) is 0.192. The summed E-state index contributed by atoms with van der Waals surface area (Å²) < 4.78 is 8.39. The molecule has 0 aliphatic rings. The van der Waals surface area contributed by atoms with Crippen LogP contribution in [0.3, 0.4) is 0 Å². The van der Waals surface area contributed by atoms with Crippen molar-refractivity contribution >= 4 is 54.7 Å². The fourth-order valence-corrected chi connectivity index (χ4v) is 4.42. The molecule has 1 heterocycles. The Morgan fingerprint density at radius 3 is 2.50 bits per heavy atom. The maximum atomic E-state index is 13.3. The van der Waals surface area contributed by atoms with E-state index < -0.39 is 4.92 Å². The number of hydrogen-bond acceptors (Lipinski definition) is 6. The molecular weight excluding hydrogens is 592 g/mol. The second kappa shape index (κ2) is 10.7. The highest BCUT2D eigenvalue weighted by Gasteiger charge is 2.21. The Balaban J connectivity index is 1.82. The zero-order chi connectivity index (χ0) is 26.0. The molecule has 0 saturated heterocycles. The number of rotatable bonds is 7. The van der Waals surface area contributed by atoms with Gasteiger partial charge in [0.05, 0.1) is 22.0 Å². The van der Waals surface area contributed by atoms with Crippen molar-refractivity contribution in [1.82, 2.24) is 9.66 Å². The Hall–Kier alpha value is -3.37. The second-order valence-electron chi connectivity index (χ2n) is 8.52. The molecule has 0 radical (unpaired) electrons. The van der Waals surface area contributed by atoms with Gasteiger partial charge in [-0.3, -0.25) is 14.9 Å². The quantitative estimate of drug-likeness (QED) is 0.131. The van der Waals surface area contributed by atoms with Gasteiger partial charge in [-0.15, -0.1) is 0 Å². The number of nitrogens with zero attached hydrogens (tertiary/aromatic N) is 4. The van der Waals surface area contributed by atoms with Gasteiger partial charge in [-0.2, -0.15) is 9.78 Å². The first-order valence-electron chi connectivity index (χ1n) is 11.1. The SMILES string of the molecule is Cc1ccc(COc2c(C=Nn3c(C(C)C)nc4ccc(Br)cc4c3=O)cc(Br)cc2[N+](=O)[O-])cc1. The molecule has 0 saturated carbocycles. The summed E-state index contributed by atoms with van der Waals surface area (Å²) in [6.07, 6.45) is 1.39. The van der Waals surface area contributed by atoms with Crippen LogP contribution in [0.15, 0.2) is 73.4 Å². The largest absolute Gasteiger partial charge is 0.481 e. The van der Waals surface area contributed by atoms with Gasteiger partial charge < -0.3 is 4.74 Å². The molecule has 0 spiro atoms. The molecule has 184 valence electrons. The van der Waals surface area contributed by atoms with E-state index in [9.17, 15) is 14.9 Å². The van der Waals surface area contributed by atoms with Gasteiger partial charge >= 0.3 is 5.69 Å². The van der Waals surface area contributed by atoms with Crippen LogP contribution in [-0.4, -0.2) is 20.8 Å². The van der Waals surface area contributed by atoms with Crippen LogP contribution >= 0.6 is 31.9 Å². The Bertz CT molecular complexity index is 1550. The number of hydrogen-bond donors (Lipinski definition) is 0. The van der Waals surface area contributed by atoms with Crippen LogP contribution < -0.4 is 10.3 Å². The number of benzene rings is 3. The summed E-state index contributed by atoms with van der Waals surface area (Å²) in [6, 6.07) is 16.0. The van der Waals surface area contributed by atoms with Crippen molar-refractivity contribution in [3.8, 4) is 5.75 Å². The van der Waals surface area contributed by atoms with Crippen LogP contribution in [0, 0.1) is 17.0 Å². The Morgan fingerprint density at radius 1 is 1.11 bits per heavy atom. The number of nitro benzene ring substituents is 1. The van der Waals surface area contributed by atoms with Crippen molar-refractivity contribution in [2.75, 3.05) is 0 Å². The molecule has 3 aromatic carbocycles. The van der Waals surface area contributed by atoms with Gasteiger partial charge in [-0.05, 0) is 36.8 Å². The molecule has 0 bridgehead atoms. The van der Waals surface area contributed by atoms with E-state index in [0.717, 1.165) is 15.6 Å². The minimum absolute atomic E-state index is 0.0585. The lowest BCUT2D eigenvalue weighted by Gasteiger charge is -2.13. The van der Waals surface area contributed by atoms with E-state index in [-0.39, 0.29) is 29.5 Å². The molecule has 10 heteroatoms. The average molecular weight is 614 g/mol. The monoisotopic (exact) mass is 612 g/mol. The highest BCUT2D eigenvalue weighted by Crippen LogP contribution is 2.34. The molecule has 36 heavy (non-hydrogen) atoms. The van der Waals surface area contributed by atoms with Crippen molar-refractivity contribution in [2.24, 2.45) is 5.10 Å². The molecule has 0 amide bonds. The van der Waals surface area contributed by atoms with Crippen LogP contribution in [0.4, 0.5) is 5.69 Å². The summed E-state index contributed by atoms with van der Waals surface area (Å²) in [5, 5.41) is 16.7. The number of halogens is 2. The normalized spacial score (nSPS) is 11.5. The number of aryl methyl sites for hydroxylation is 1. The van der Waals surface area contributed by atoms with Crippen molar-refractivity contribution < 1.29 is 9.66 Å². The van der Waals surface area contributed by atoms with E-state index in [1.807, 2.05) is 51.1 Å². The van der Waals surface area contributed by atoms with Gasteiger partial charge in [-0.1, -0.05) is 75.5 Å².